The molecule has 0 saturated heterocycles. The van der Waals surface area contributed by atoms with Crippen LogP contribution in [0.4, 0.5) is 0 Å². The van der Waals surface area contributed by atoms with Gasteiger partial charge in [0.05, 0.1) is 5.54 Å². The highest BCUT2D eigenvalue weighted by Crippen LogP contribution is 2.42. The topological polar surface area (TPSA) is 64.9 Å². The molecule has 1 aromatic heterocycles. The molecule has 0 radical (unpaired) electrons. The van der Waals surface area contributed by atoms with E-state index in [2.05, 4.69) is 10.1 Å². The standard InChI is InChI=1S/C11H9Cl2N3O/c12-7-3-6(4-8(13)5-7)9-15-10(17-16-9)11(14)1-2-11/h3-5H,1-2,14H2. The molecule has 2 N–H and O–H groups in total. The zero-order valence-corrected chi connectivity index (χ0v) is 10.3. The van der Waals surface area contributed by atoms with Crippen molar-refractivity contribution in [2.45, 2.75) is 18.4 Å². The second-order valence-corrected chi connectivity index (χ2v) is 5.11. The molecular weight excluding hydrogens is 261 g/mol. The first-order chi connectivity index (χ1) is 8.07. The van der Waals surface area contributed by atoms with Gasteiger partial charge < -0.3 is 10.3 Å². The third-order valence-electron chi connectivity index (χ3n) is 2.76. The normalized spacial score (nSPS) is 17.1. The number of hydrogen-bond donors (Lipinski definition) is 1. The number of nitrogens with zero attached hydrogens (tertiary/aromatic N) is 2. The van der Waals surface area contributed by atoms with E-state index in [0.717, 1.165) is 18.4 Å². The van der Waals surface area contributed by atoms with Crippen LogP contribution in [0.2, 0.25) is 10.0 Å². The summed E-state index contributed by atoms with van der Waals surface area (Å²) in [7, 11) is 0. The lowest BCUT2D eigenvalue weighted by Crippen LogP contribution is -2.18. The van der Waals surface area contributed by atoms with Gasteiger partial charge in [0.15, 0.2) is 0 Å². The maximum absolute atomic E-state index is 5.97. The Balaban J connectivity index is 2.00. The molecular formula is C11H9Cl2N3O. The van der Waals surface area contributed by atoms with Crippen molar-refractivity contribution in [3.8, 4) is 11.4 Å². The monoisotopic (exact) mass is 269 g/mol. The number of aromatic nitrogens is 2. The highest BCUT2D eigenvalue weighted by Gasteiger charge is 2.45. The maximum Gasteiger partial charge on any atom is 0.247 e. The van der Waals surface area contributed by atoms with E-state index in [1.165, 1.54) is 0 Å². The van der Waals surface area contributed by atoms with Crippen LogP contribution < -0.4 is 5.73 Å². The molecule has 0 atom stereocenters. The zero-order chi connectivity index (χ0) is 12.0. The number of halogens is 2. The molecule has 17 heavy (non-hydrogen) atoms. The average Bonchev–Trinajstić information content (AvgIpc) is 2.82. The molecule has 1 aliphatic rings. The number of benzene rings is 1. The van der Waals surface area contributed by atoms with Crippen molar-refractivity contribution in [1.29, 1.82) is 0 Å². The quantitative estimate of drug-likeness (QED) is 0.911. The van der Waals surface area contributed by atoms with Gasteiger partial charge in [0.1, 0.15) is 0 Å². The highest BCUT2D eigenvalue weighted by molar-refractivity contribution is 6.35. The van der Waals surface area contributed by atoms with Gasteiger partial charge in [0.25, 0.3) is 0 Å². The van der Waals surface area contributed by atoms with E-state index < -0.39 is 5.54 Å². The predicted octanol–water partition coefficient (Wildman–Crippen LogP) is 2.99. The highest BCUT2D eigenvalue weighted by atomic mass is 35.5. The van der Waals surface area contributed by atoms with Crippen LogP contribution >= 0.6 is 23.2 Å². The minimum Gasteiger partial charge on any atom is -0.337 e. The fourth-order valence-electron chi connectivity index (χ4n) is 1.57. The van der Waals surface area contributed by atoms with E-state index in [0.29, 0.717) is 21.8 Å². The van der Waals surface area contributed by atoms with Crippen molar-refractivity contribution >= 4 is 23.2 Å². The Hall–Kier alpha value is -1.10. The summed E-state index contributed by atoms with van der Waals surface area (Å²) in [4.78, 5) is 4.28. The predicted molar refractivity (Wildman–Crippen MR) is 64.9 cm³/mol. The summed E-state index contributed by atoms with van der Waals surface area (Å²) in [5.74, 6) is 0.935. The lowest BCUT2D eigenvalue weighted by Gasteiger charge is -1.99. The molecule has 1 fully saturated rings. The van der Waals surface area contributed by atoms with Crippen LogP contribution in [0.5, 0.6) is 0 Å². The van der Waals surface area contributed by atoms with Gasteiger partial charge in [0.2, 0.25) is 11.7 Å². The maximum atomic E-state index is 5.97. The minimum atomic E-state index is -0.423. The Morgan fingerprint density at radius 1 is 1.18 bits per heavy atom. The zero-order valence-electron chi connectivity index (χ0n) is 8.78. The van der Waals surface area contributed by atoms with E-state index in [1.54, 1.807) is 18.2 Å². The van der Waals surface area contributed by atoms with Gasteiger partial charge in [-0.05, 0) is 31.0 Å². The summed E-state index contributed by atoms with van der Waals surface area (Å²) < 4.78 is 5.15. The summed E-state index contributed by atoms with van der Waals surface area (Å²) in [5.41, 5.74) is 6.27. The molecule has 6 heteroatoms. The van der Waals surface area contributed by atoms with E-state index in [4.69, 9.17) is 33.5 Å². The second-order valence-electron chi connectivity index (χ2n) is 4.24. The van der Waals surface area contributed by atoms with Crippen molar-refractivity contribution in [2.24, 2.45) is 5.73 Å². The van der Waals surface area contributed by atoms with Gasteiger partial charge >= 0.3 is 0 Å². The molecule has 1 aromatic carbocycles. The second kappa shape index (κ2) is 3.70. The van der Waals surface area contributed by atoms with Gasteiger partial charge in [-0.2, -0.15) is 4.98 Å². The van der Waals surface area contributed by atoms with Crippen LogP contribution in [-0.4, -0.2) is 10.1 Å². The fraction of sp³-hybridized carbons (Fsp3) is 0.273. The molecule has 0 amide bonds. The van der Waals surface area contributed by atoms with Crippen LogP contribution in [0.1, 0.15) is 18.7 Å². The van der Waals surface area contributed by atoms with Gasteiger partial charge in [-0.3, -0.25) is 0 Å². The van der Waals surface area contributed by atoms with Crippen LogP contribution in [0, 0.1) is 0 Å². The third-order valence-corrected chi connectivity index (χ3v) is 3.20. The molecule has 2 aromatic rings. The lowest BCUT2D eigenvalue weighted by atomic mass is 10.2. The Labute approximate surface area is 108 Å². The van der Waals surface area contributed by atoms with Crippen LogP contribution in [0.15, 0.2) is 22.7 Å². The Morgan fingerprint density at radius 2 is 1.82 bits per heavy atom. The molecule has 0 aliphatic heterocycles. The first kappa shape index (κ1) is 11.0. The third kappa shape index (κ3) is 2.04. The largest absolute Gasteiger partial charge is 0.337 e. The van der Waals surface area contributed by atoms with Crippen molar-refractivity contribution < 1.29 is 4.52 Å². The number of nitrogens with two attached hydrogens (primary N) is 1. The van der Waals surface area contributed by atoms with E-state index in [1.807, 2.05) is 0 Å². The van der Waals surface area contributed by atoms with Crippen molar-refractivity contribution in [1.82, 2.24) is 10.1 Å². The van der Waals surface area contributed by atoms with E-state index >= 15 is 0 Å². The smallest absolute Gasteiger partial charge is 0.247 e. The number of rotatable bonds is 2. The van der Waals surface area contributed by atoms with Gasteiger partial charge in [-0.15, -0.1) is 0 Å². The summed E-state index contributed by atoms with van der Waals surface area (Å²) in [6, 6.07) is 5.12. The average molecular weight is 270 g/mol. The van der Waals surface area contributed by atoms with Crippen molar-refractivity contribution in [3.63, 3.8) is 0 Å². The van der Waals surface area contributed by atoms with Gasteiger partial charge in [0, 0.05) is 15.6 Å². The van der Waals surface area contributed by atoms with Crippen LogP contribution in [0.25, 0.3) is 11.4 Å². The van der Waals surface area contributed by atoms with Crippen molar-refractivity contribution in [2.75, 3.05) is 0 Å². The molecule has 88 valence electrons. The first-order valence-electron chi connectivity index (χ1n) is 5.16. The first-order valence-corrected chi connectivity index (χ1v) is 5.92. The van der Waals surface area contributed by atoms with Crippen molar-refractivity contribution in [3.05, 3.63) is 34.1 Å². The van der Waals surface area contributed by atoms with E-state index in [9.17, 15) is 0 Å². The van der Waals surface area contributed by atoms with Crippen LogP contribution in [-0.2, 0) is 5.54 Å². The Bertz CT molecular complexity index is 558. The molecule has 3 rings (SSSR count). The van der Waals surface area contributed by atoms with Crippen LogP contribution in [0.3, 0.4) is 0 Å². The summed E-state index contributed by atoms with van der Waals surface area (Å²) in [6.07, 6.45) is 1.76. The molecule has 1 aliphatic carbocycles. The summed E-state index contributed by atoms with van der Waals surface area (Å²) in [5, 5.41) is 4.96. The lowest BCUT2D eigenvalue weighted by molar-refractivity contribution is 0.348. The molecule has 1 heterocycles. The Kier molecular flexibility index (Phi) is 2.40. The van der Waals surface area contributed by atoms with Gasteiger partial charge in [-0.1, -0.05) is 28.4 Å². The molecule has 0 spiro atoms. The molecule has 0 unspecified atom stereocenters. The SMILES string of the molecule is NC1(c2nc(-c3cc(Cl)cc(Cl)c3)no2)CC1. The summed E-state index contributed by atoms with van der Waals surface area (Å²) >= 11 is 11.8. The van der Waals surface area contributed by atoms with E-state index in [-0.39, 0.29) is 0 Å². The Morgan fingerprint density at radius 3 is 2.41 bits per heavy atom. The molecule has 0 bridgehead atoms. The van der Waals surface area contributed by atoms with Gasteiger partial charge in [-0.25, -0.2) is 0 Å². The minimum absolute atomic E-state index is 0.423. The molecule has 1 saturated carbocycles. The fourth-order valence-corrected chi connectivity index (χ4v) is 2.10. The molecule has 4 nitrogen and oxygen atoms in total. The summed E-state index contributed by atoms with van der Waals surface area (Å²) in [6.45, 7) is 0. The number of hydrogen-bond acceptors (Lipinski definition) is 4.